The zero-order valence-corrected chi connectivity index (χ0v) is 12.8. The van der Waals surface area contributed by atoms with Crippen LogP contribution in [0.15, 0.2) is 12.1 Å². The van der Waals surface area contributed by atoms with Crippen LogP contribution >= 0.6 is 0 Å². The molecule has 0 unspecified atom stereocenters. The number of carboxylic acid groups (broad SMARTS) is 1. The number of hydrogen-bond acceptors (Lipinski definition) is 4. The molecule has 5 nitrogen and oxygen atoms in total. The van der Waals surface area contributed by atoms with Crippen LogP contribution in [0.4, 0.5) is 0 Å². The molecule has 0 amide bonds. The van der Waals surface area contributed by atoms with Gasteiger partial charge in [0.2, 0.25) is 0 Å². The molecular weight excluding hydrogens is 272 g/mol. The molecule has 0 aromatic heterocycles. The van der Waals surface area contributed by atoms with Crippen molar-refractivity contribution in [3.63, 3.8) is 0 Å². The summed E-state index contributed by atoms with van der Waals surface area (Å²) in [5.41, 5.74) is 0.676. The van der Waals surface area contributed by atoms with Gasteiger partial charge in [-0.1, -0.05) is 12.8 Å². The zero-order chi connectivity index (χ0) is 15.5. The minimum Gasteiger partial charge on any atom is -0.496 e. The van der Waals surface area contributed by atoms with Gasteiger partial charge in [0.15, 0.2) is 0 Å². The highest BCUT2D eigenvalue weighted by molar-refractivity contribution is 5.83. The molecule has 0 aliphatic heterocycles. The average molecular weight is 294 g/mol. The lowest BCUT2D eigenvalue weighted by atomic mass is 9.78. The molecule has 1 N–H and O–H groups in total. The van der Waals surface area contributed by atoms with Crippen LogP contribution in [0.1, 0.15) is 36.8 Å². The van der Waals surface area contributed by atoms with E-state index in [0.29, 0.717) is 36.5 Å². The van der Waals surface area contributed by atoms with Crippen LogP contribution in [0.2, 0.25) is 0 Å². The second-order valence-corrected chi connectivity index (χ2v) is 5.39. The molecule has 0 saturated heterocycles. The van der Waals surface area contributed by atoms with Crippen LogP contribution in [-0.4, -0.2) is 32.4 Å². The Morgan fingerprint density at radius 2 is 1.76 bits per heavy atom. The van der Waals surface area contributed by atoms with Crippen molar-refractivity contribution in [1.82, 2.24) is 0 Å². The third-order valence-corrected chi connectivity index (χ3v) is 4.28. The molecule has 1 aromatic carbocycles. The first-order valence-electron chi connectivity index (χ1n) is 7.06. The van der Waals surface area contributed by atoms with E-state index in [1.54, 1.807) is 27.4 Å². The summed E-state index contributed by atoms with van der Waals surface area (Å²) >= 11 is 0. The Hall–Kier alpha value is -1.75. The first kappa shape index (κ1) is 15.6. The highest BCUT2D eigenvalue weighted by atomic mass is 16.5. The standard InChI is InChI=1S/C16H22O5/c1-19-10-11-8-14(21-3)12(9-13(11)20-2)16(15(17)18)6-4-5-7-16/h8-9H,4-7,10H2,1-3H3,(H,17,18). The van der Waals surface area contributed by atoms with Crippen molar-refractivity contribution in [3.05, 3.63) is 23.3 Å². The molecule has 1 aromatic rings. The van der Waals surface area contributed by atoms with E-state index in [-0.39, 0.29) is 0 Å². The Kier molecular flexibility index (Phi) is 4.73. The summed E-state index contributed by atoms with van der Waals surface area (Å²) < 4.78 is 16.0. The number of benzene rings is 1. The topological polar surface area (TPSA) is 65.0 Å². The fourth-order valence-corrected chi connectivity index (χ4v) is 3.18. The van der Waals surface area contributed by atoms with Crippen molar-refractivity contribution < 1.29 is 24.1 Å². The van der Waals surface area contributed by atoms with E-state index in [2.05, 4.69) is 0 Å². The van der Waals surface area contributed by atoms with Gasteiger partial charge in [0.05, 0.1) is 26.2 Å². The van der Waals surface area contributed by atoms with Crippen molar-refractivity contribution >= 4 is 5.97 Å². The summed E-state index contributed by atoms with van der Waals surface area (Å²) in [4.78, 5) is 11.9. The van der Waals surface area contributed by atoms with Crippen molar-refractivity contribution in [2.45, 2.75) is 37.7 Å². The quantitative estimate of drug-likeness (QED) is 0.874. The Labute approximate surface area is 124 Å². The smallest absolute Gasteiger partial charge is 0.314 e. The van der Waals surface area contributed by atoms with Gasteiger partial charge in [-0.2, -0.15) is 0 Å². The molecule has 1 saturated carbocycles. The number of methoxy groups -OCH3 is 3. The van der Waals surface area contributed by atoms with E-state index in [9.17, 15) is 9.90 Å². The minimum atomic E-state index is -0.871. The van der Waals surface area contributed by atoms with Crippen molar-refractivity contribution in [2.24, 2.45) is 0 Å². The van der Waals surface area contributed by atoms with E-state index in [4.69, 9.17) is 14.2 Å². The highest BCUT2D eigenvalue weighted by Gasteiger charge is 2.45. The molecule has 0 bridgehead atoms. The van der Waals surface area contributed by atoms with Gasteiger partial charge in [-0.05, 0) is 25.0 Å². The van der Waals surface area contributed by atoms with E-state index in [1.807, 2.05) is 6.07 Å². The molecule has 116 valence electrons. The summed E-state index contributed by atoms with van der Waals surface area (Å²) in [6.45, 7) is 0.389. The second kappa shape index (κ2) is 6.35. The monoisotopic (exact) mass is 294 g/mol. The number of carboxylic acids is 1. The van der Waals surface area contributed by atoms with Crippen LogP contribution < -0.4 is 9.47 Å². The number of aliphatic carboxylic acids is 1. The lowest BCUT2D eigenvalue weighted by Crippen LogP contribution is -2.33. The summed E-state index contributed by atoms with van der Waals surface area (Å²) in [5.74, 6) is 0.437. The Morgan fingerprint density at radius 3 is 2.24 bits per heavy atom. The number of rotatable bonds is 6. The molecule has 0 atom stereocenters. The molecule has 1 aliphatic rings. The van der Waals surface area contributed by atoms with Gasteiger partial charge in [-0.25, -0.2) is 0 Å². The van der Waals surface area contributed by atoms with Gasteiger partial charge < -0.3 is 19.3 Å². The van der Waals surface area contributed by atoms with Crippen molar-refractivity contribution in [1.29, 1.82) is 0 Å². The Morgan fingerprint density at radius 1 is 1.14 bits per heavy atom. The number of carbonyl (C=O) groups is 1. The third kappa shape index (κ3) is 2.70. The molecular formula is C16H22O5. The van der Waals surface area contributed by atoms with Crippen molar-refractivity contribution in [3.8, 4) is 11.5 Å². The fraction of sp³-hybridized carbons (Fsp3) is 0.562. The zero-order valence-electron chi connectivity index (χ0n) is 12.8. The van der Waals surface area contributed by atoms with Gasteiger partial charge in [-0.3, -0.25) is 4.79 Å². The molecule has 0 heterocycles. The molecule has 0 spiro atoms. The van der Waals surface area contributed by atoms with E-state index in [1.165, 1.54) is 0 Å². The van der Waals surface area contributed by atoms with Gasteiger partial charge >= 0.3 is 5.97 Å². The maximum Gasteiger partial charge on any atom is 0.314 e. The lowest BCUT2D eigenvalue weighted by Gasteiger charge is -2.27. The van der Waals surface area contributed by atoms with E-state index >= 15 is 0 Å². The van der Waals surface area contributed by atoms with Gasteiger partial charge in [0, 0.05) is 18.2 Å². The number of ether oxygens (including phenoxy) is 3. The first-order valence-corrected chi connectivity index (χ1v) is 7.06. The van der Waals surface area contributed by atoms with Crippen LogP contribution in [0, 0.1) is 0 Å². The van der Waals surface area contributed by atoms with Crippen LogP contribution in [0.3, 0.4) is 0 Å². The predicted octanol–water partition coefficient (Wildman–Crippen LogP) is 2.75. The molecule has 2 rings (SSSR count). The summed E-state index contributed by atoms with van der Waals surface area (Å²) in [6, 6.07) is 3.62. The summed E-state index contributed by atoms with van der Waals surface area (Å²) in [5, 5.41) is 9.75. The largest absolute Gasteiger partial charge is 0.496 e. The molecule has 0 radical (unpaired) electrons. The Balaban J connectivity index is 2.58. The normalized spacial score (nSPS) is 16.7. The van der Waals surface area contributed by atoms with Gasteiger partial charge in [-0.15, -0.1) is 0 Å². The fourth-order valence-electron chi connectivity index (χ4n) is 3.18. The van der Waals surface area contributed by atoms with Gasteiger partial charge in [0.25, 0.3) is 0 Å². The SMILES string of the molecule is COCc1cc(OC)c(C2(C(=O)O)CCCC2)cc1OC. The Bertz CT molecular complexity index is 518. The van der Waals surface area contributed by atoms with Crippen LogP contribution in [0.25, 0.3) is 0 Å². The van der Waals surface area contributed by atoms with E-state index < -0.39 is 11.4 Å². The minimum absolute atomic E-state index is 0.389. The van der Waals surface area contributed by atoms with Gasteiger partial charge in [0.1, 0.15) is 11.5 Å². The molecule has 21 heavy (non-hydrogen) atoms. The maximum atomic E-state index is 11.9. The molecule has 5 heteroatoms. The maximum absolute atomic E-state index is 11.9. The second-order valence-electron chi connectivity index (χ2n) is 5.39. The predicted molar refractivity (Wildman–Crippen MR) is 78.0 cm³/mol. The van der Waals surface area contributed by atoms with Crippen LogP contribution in [0.5, 0.6) is 11.5 Å². The highest BCUT2D eigenvalue weighted by Crippen LogP contribution is 2.47. The molecule has 1 fully saturated rings. The first-order chi connectivity index (χ1) is 10.1. The van der Waals surface area contributed by atoms with Crippen molar-refractivity contribution in [2.75, 3.05) is 21.3 Å². The average Bonchev–Trinajstić information content (AvgIpc) is 2.97. The van der Waals surface area contributed by atoms with Crippen LogP contribution in [-0.2, 0) is 21.6 Å². The van der Waals surface area contributed by atoms with E-state index in [0.717, 1.165) is 18.4 Å². The molecule has 1 aliphatic carbocycles. The summed E-state index contributed by atoms with van der Waals surface area (Å²) in [7, 11) is 4.74. The third-order valence-electron chi connectivity index (χ3n) is 4.28. The lowest BCUT2D eigenvalue weighted by molar-refractivity contribution is -0.143. The number of hydrogen-bond donors (Lipinski definition) is 1. The summed E-state index contributed by atoms with van der Waals surface area (Å²) in [6.07, 6.45) is 3.09.